The number of esters is 1. The topological polar surface area (TPSA) is 78.7 Å². The molecule has 0 amide bonds. The lowest BCUT2D eigenvalue weighted by Crippen LogP contribution is -2.21. The summed E-state index contributed by atoms with van der Waals surface area (Å²) in [5.41, 5.74) is -0.148. The van der Waals surface area contributed by atoms with E-state index in [0.717, 1.165) is 0 Å². The second-order valence-electron chi connectivity index (χ2n) is 3.83. The summed E-state index contributed by atoms with van der Waals surface area (Å²) in [6, 6.07) is 4.47. The standard InChI is InChI=1S/C12H14BrNO5/c1-3-18-12(15)8(2)7-19-11-5-4-9(13)6-10(11)14(16)17/h4-6,8H,3,7H2,1-2H3. The molecule has 0 aromatic heterocycles. The van der Waals surface area contributed by atoms with Gasteiger partial charge in [0.1, 0.15) is 6.61 Å². The van der Waals surface area contributed by atoms with Gasteiger partial charge in [-0.15, -0.1) is 0 Å². The van der Waals surface area contributed by atoms with Gasteiger partial charge in [0.05, 0.1) is 17.4 Å². The van der Waals surface area contributed by atoms with Crippen LogP contribution >= 0.6 is 15.9 Å². The van der Waals surface area contributed by atoms with Crippen LogP contribution in [0.4, 0.5) is 5.69 Å². The van der Waals surface area contributed by atoms with E-state index in [1.165, 1.54) is 12.1 Å². The van der Waals surface area contributed by atoms with Crippen LogP contribution in [-0.4, -0.2) is 24.1 Å². The van der Waals surface area contributed by atoms with Crippen LogP contribution in [-0.2, 0) is 9.53 Å². The lowest BCUT2D eigenvalue weighted by Gasteiger charge is -2.12. The molecule has 0 fully saturated rings. The minimum absolute atomic E-state index is 0.0291. The van der Waals surface area contributed by atoms with Gasteiger partial charge in [-0.25, -0.2) is 0 Å². The Labute approximate surface area is 119 Å². The number of carbonyl (C=O) groups is 1. The van der Waals surface area contributed by atoms with Crippen LogP contribution < -0.4 is 4.74 Å². The Morgan fingerprint density at radius 2 is 2.21 bits per heavy atom. The Morgan fingerprint density at radius 1 is 1.53 bits per heavy atom. The molecule has 0 saturated heterocycles. The Kier molecular flexibility index (Phi) is 5.75. The number of rotatable bonds is 6. The molecule has 7 heteroatoms. The first-order valence-corrected chi connectivity index (χ1v) is 6.48. The van der Waals surface area contributed by atoms with Gasteiger partial charge in [-0.2, -0.15) is 0 Å². The molecule has 19 heavy (non-hydrogen) atoms. The fourth-order valence-electron chi connectivity index (χ4n) is 1.32. The van der Waals surface area contributed by atoms with Crippen LogP contribution in [0.1, 0.15) is 13.8 Å². The molecule has 0 spiro atoms. The Morgan fingerprint density at radius 3 is 2.79 bits per heavy atom. The first-order valence-electron chi connectivity index (χ1n) is 5.69. The number of nitro benzene ring substituents is 1. The fraction of sp³-hybridized carbons (Fsp3) is 0.417. The van der Waals surface area contributed by atoms with Gasteiger partial charge in [-0.05, 0) is 26.0 Å². The summed E-state index contributed by atoms with van der Waals surface area (Å²) in [4.78, 5) is 21.7. The molecule has 0 aliphatic rings. The van der Waals surface area contributed by atoms with Gasteiger partial charge in [0, 0.05) is 10.5 Å². The number of halogens is 1. The van der Waals surface area contributed by atoms with E-state index in [9.17, 15) is 14.9 Å². The van der Waals surface area contributed by atoms with Crippen molar-refractivity contribution in [3.05, 3.63) is 32.8 Å². The van der Waals surface area contributed by atoms with Crippen molar-refractivity contribution in [3.63, 3.8) is 0 Å². The molecule has 1 rings (SSSR count). The molecule has 0 N–H and O–H groups in total. The van der Waals surface area contributed by atoms with Crippen molar-refractivity contribution >= 4 is 27.6 Å². The van der Waals surface area contributed by atoms with Gasteiger partial charge >= 0.3 is 11.7 Å². The molecule has 1 atom stereocenters. The molecule has 0 aliphatic heterocycles. The molecule has 0 aliphatic carbocycles. The quantitative estimate of drug-likeness (QED) is 0.455. The molecule has 6 nitrogen and oxygen atoms in total. The van der Waals surface area contributed by atoms with Crippen LogP contribution in [0.25, 0.3) is 0 Å². The van der Waals surface area contributed by atoms with Crippen LogP contribution in [0.15, 0.2) is 22.7 Å². The van der Waals surface area contributed by atoms with E-state index in [1.54, 1.807) is 19.9 Å². The zero-order valence-corrected chi connectivity index (χ0v) is 12.2. The largest absolute Gasteiger partial charge is 0.486 e. The van der Waals surface area contributed by atoms with Gasteiger partial charge < -0.3 is 9.47 Å². The fourth-order valence-corrected chi connectivity index (χ4v) is 1.67. The third-order valence-corrected chi connectivity index (χ3v) is 2.79. The molecular formula is C12H14BrNO5. The lowest BCUT2D eigenvalue weighted by atomic mass is 10.2. The maximum absolute atomic E-state index is 11.4. The van der Waals surface area contributed by atoms with E-state index >= 15 is 0 Å². The van der Waals surface area contributed by atoms with Crippen molar-refractivity contribution in [3.8, 4) is 5.75 Å². The minimum Gasteiger partial charge on any atom is -0.486 e. The van der Waals surface area contributed by atoms with Crippen molar-refractivity contribution in [2.75, 3.05) is 13.2 Å². The monoisotopic (exact) mass is 331 g/mol. The first kappa shape index (κ1) is 15.4. The molecular weight excluding hydrogens is 318 g/mol. The number of carbonyl (C=O) groups excluding carboxylic acids is 1. The Balaban J connectivity index is 2.72. The van der Waals surface area contributed by atoms with Crippen molar-refractivity contribution in [2.45, 2.75) is 13.8 Å². The normalized spacial score (nSPS) is 11.7. The van der Waals surface area contributed by atoms with Crippen LogP contribution in [0.5, 0.6) is 5.75 Å². The van der Waals surface area contributed by atoms with Gasteiger partial charge in [-0.1, -0.05) is 15.9 Å². The van der Waals surface area contributed by atoms with Crippen LogP contribution in [0.2, 0.25) is 0 Å². The molecule has 104 valence electrons. The zero-order chi connectivity index (χ0) is 14.4. The second-order valence-corrected chi connectivity index (χ2v) is 4.75. The van der Waals surface area contributed by atoms with Crippen molar-refractivity contribution < 1.29 is 19.2 Å². The predicted octanol–water partition coefficient (Wildman–Crippen LogP) is 2.94. The molecule has 0 bridgehead atoms. The number of nitrogens with zero attached hydrogens (tertiary/aromatic N) is 1. The summed E-state index contributed by atoms with van der Waals surface area (Å²) >= 11 is 3.15. The van der Waals surface area contributed by atoms with Crippen LogP contribution in [0.3, 0.4) is 0 Å². The smallest absolute Gasteiger partial charge is 0.312 e. The minimum atomic E-state index is -0.533. The van der Waals surface area contributed by atoms with Crippen molar-refractivity contribution in [2.24, 2.45) is 5.92 Å². The summed E-state index contributed by atoms with van der Waals surface area (Å²) in [6.45, 7) is 3.68. The Bertz CT molecular complexity index is 477. The third-order valence-electron chi connectivity index (χ3n) is 2.30. The van der Waals surface area contributed by atoms with Gasteiger partial charge in [0.25, 0.3) is 0 Å². The molecule has 0 radical (unpaired) electrons. The highest BCUT2D eigenvalue weighted by Gasteiger charge is 2.19. The second kappa shape index (κ2) is 7.08. The van der Waals surface area contributed by atoms with Gasteiger partial charge in [0.2, 0.25) is 0 Å². The number of benzene rings is 1. The molecule has 1 aromatic rings. The summed E-state index contributed by atoms with van der Waals surface area (Å²) < 4.78 is 10.7. The number of hydrogen-bond acceptors (Lipinski definition) is 5. The number of nitro groups is 1. The molecule has 0 saturated carbocycles. The van der Waals surface area contributed by atoms with E-state index in [1.807, 2.05) is 0 Å². The highest BCUT2D eigenvalue weighted by Crippen LogP contribution is 2.30. The van der Waals surface area contributed by atoms with E-state index in [0.29, 0.717) is 11.1 Å². The molecule has 1 unspecified atom stereocenters. The predicted molar refractivity (Wildman–Crippen MR) is 72.1 cm³/mol. The van der Waals surface area contributed by atoms with E-state index in [2.05, 4.69) is 15.9 Å². The molecule has 0 heterocycles. The third kappa shape index (κ3) is 4.51. The average molecular weight is 332 g/mol. The maximum Gasteiger partial charge on any atom is 0.312 e. The summed E-state index contributed by atoms with van der Waals surface area (Å²) in [6.07, 6.45) is 0. The summed E-state index contributed by atoms with van der Waals surface area (Å²) in [7, 11) is 0. The highest BCUT2D eigenvalue weighted by molar-refractivity contribution is 9.10. The van der Waals surface area contributed by atoms with Crippen LogP contribution in [0, 0.1) is 16.0 Å². The number of hydrogen-bond donors (Lipinski definition) is 0. The average Bonchev–Trinajstić information content (AvgIpc) is 2.36. The van der Waals surface area contributed by atoms with Gasteiger partial charge in [0.15, 0.2) is 5.75 Å². The Hall–Kier alpha value is -1.63. The van der Waals surface area contributed by atoms with E-state index in [-0.39, 0.29) is 24.0 Å². The zero-order valence-electron chi connectivity index (χ0n) is 10.6. The van der Waals surface area contributed by atoms with E-state index in [4.69, 9.17) is 9.47 Å². The highest BCUT2D eigenvalue weighted by atomic mass is 79.9. The number of ether oxygens (including phenoxy) is 2. The summed E-state index contributed by atoms with van der Waals surface area (Å²) in [5.74, 6) is -0.741. The molecule has 1 aromatic carbocycles. The van der Waals surface area contributed by atoms with Crippen molar-refractivity contribution in [1.82, 2.24) is 0 Å². The van der Waals surface area contributed by atoms with E-state index < -0.39 is 10.8 Å². The van der Waals surface area contributed by atoms with Gasteiger partial charge in [-0.3, -0.25) is 14.9 Å². The SMILES string of the molecule is CCOC(=O)C(C)COc1ccc(Br)cc1[N+](=O)[O-]. The maximum atomic E-state index is 11.4. The summed E-state index contributed by atoms with van der Waals surface area (Å²) in [5, 5.41) is 10.9. The first-order chi connectivity index (χ1) is 8.95. The van der Waals surface area contributed by atoms with Crippen molar-refractivity contribution in [1.29, 1.82) is 0 Å². The lowest BCUT2D eigenvalue weighted by molar-refractivity contribution is -0.386.